The average molecular weight is 273 g/mol. The van der Waals surface area contributed by atoms with Crippen molar-refractivity contribution in [3.63, 3.8) is 0 Å². The van der Waals surface area contributed by atoms with Gasteiger partial charge in [0.05, 0.1) is 5.52 Å². The molecule has 1 aromatic carbocycles. The maximum absolute atomic E-state index is 12.1. The quantitative estimate of drug-likeness (QED) is 0.771. The van der Waals surface area contributed by atoms with Gasteiger partial charge in [-0.2, -0.15) is 0 Å². The summed E-state index contributed by atoms with van der Waals surface area (Å²) in [5.41, 5.74) is 7.52. The normalized spacial score (nSPS) is 12.3. The monoisotopic (exact) mass is 273 g/mol. The number of rotatable bonds is 5. The molecular weight excluding hydrogens is 254 g/mol. The number of hydrogen-bond acceptors (Lipinski definition) is 4. The van der Waals surface area contributed by atoms with Gasteiger partial charge in [0.1, 0.15) is 5.69 Å². The molecule has 0 fully saturated rings. The van der Waals surface area contributed by atoms with Crippen molar-refractivity contribution >= 4 is 22.5 Å². The Bertz CT molecular complexity index is 613. The Kier molecular flexibility index (Phi) is 4.53. The Labute approximate surface area is 117 Å². The zero-order chi connectivity index (χ0) is 14.5. The van der Waals surface area contributed by atoms with E-state index < -0.39 is 0 Å². The lowest BCUT2D eigenvalue weighted by molar-refractivity contribution is 0.0941. The minimum atomic E-state index is -0.243. The van der Waals surface area contributed by atoms with Gasteiger partial charge in [0.25, 0.3) is 5.91 Å². The number of nitrogen functional groups attached to an aromatic ring is 1. The van der Waals surface area contributed by atoms with Crippen molar-refractivity contribution < 1.29 is 9.90 Å². The van der Waals surface area contributed by atoms with Crippen LogP contribution in [0, 0.1) is 5.92 Å². The second kappa shape index (κ2) is 6.34. The molecule has 5 nitrogen and oxygen atoms in total. The molecule has 0 saturated heterocycles. The van der Waals surface area contributed by atoms with Gasteiger partial charge in [0.15, 0.2) is 0 Å². The molecule has 0 aliphatic heterocycles. The van der Waals surface area contributed by atoms with Gasteiger partial charge in [-0.05, 0) is 24.5 Å². The third-order valence-corrected chi connectivity index (χ3v) is 3.21. The van der Waals surface area contributed by atoms with E-state index in [4.69, 9.17) is 10.8 Å². The number of nitrogens with one attached hydrogen (secondary N) is 1. The van der Waals surface area contributed by atoms with E-state index >= 15 is 0 Å². The molecule has 2 aromatic rings. The standard InChI is InChI=1S/C15H19N3O2/c1-10(6-7-19)9-17-15(20)14-8-12(16)11-4-2-3-5-13(11)18-14/h2-5,8,10,19H,6-7,9H2,1H3,(H2,16,18)(H,17,20). The number of carbonyl (C=O) groups is 1. The Hall–Kier alpha value is -2.14. The van der Waals surface area contributed by atoms with Gasteiger partial charge in [-0.1, -0.05) is 25.1 Å². The van der Waals surface area contributed by atoms with E-state index in [0.29, 0.717) is 29.9 Å². The number of pyridine rings is 1. The molecule has 0 aliphatic carbocycles. The average Bonchev–Trinajstić information content (AvgIpc) is 2.45. The van der Waals surface area contributed by atoms with Crippen LogP contribution >= 0.6 is 0 Å². The van der Waals surface area contributed by atoms with E-state index in [1.165, 1.54) is 0 Å². The fourth-order valence-corrected chi connectivity index (χ4v) is 2.00. The molecule has 0 radical (unpaired) electrons. The van der Waals surface area contributed by atoms with Crippen LogP contribution in [0.15, 0.2) is 30.3 Å². The van der Waals surface area contributed by atoms with Crippen LogP contribution in [-0.2, 0) is 0 Å². The minimum absolute atomic E-state index is 0.123. The van der Waals surface area contributed by atoms with Crippen LogP contribution in [-0.4, -0.2) is 29.1 Å². The lowest BCUT2D eigenvalue weighted by atomic mass is 10.1. The summed E-state index contributed by atoms with van der Waals surface area (Å²) >= 11 is 0. The van der Waals surface area contributed by atoms with E-state index in [9.17, 15) is 4.79 Å². The van der Waals surface area contributed by atoms with Crippen molar-refractivity contribution in [3.05, 3.63) is 36.0 Å². The zero-order valence-electron chi connectivity index (χ0n) is 11.5. The molecule has 1 amide bonds. The smallest absolute Gasteiger partial charge is 0.269 e. The Balaban J connectivity index is 2.14. The third kappa shape index (κ3) is 3.24. The Morgan fingerprint density at radius 1 is 1.45 bits per heavy atom. The number of nitrogens with two attached hydrogens (primary N) is 1. The van der Waals surface area contributed by atoms with Gasteiger partial charge in [-0.25, -0.2) is 4.98 Å². The number of aliphatic hydroxyl groups excluding tert-OH is 1. The number of carbonyl (C=O) groups excluding carboxylic acids is 1. The SMILES string of the molecule is CC(CCO)CNC(=O)c1cc(N)c2ccccc2n1. The highest BCUT2D eigenvalue weighted by Gasteiger charge is 2.11. The summed E-state index contributed by atoms with van der Waals surface area (Å²) in [4.78, 5) is 16.4. The van der Waals surface area contributed by atoms with E-state index in [1.54, 1.807) is 6.07 Å². The summed E-state index contributed by atoms with van der Waals surface area (Å²) in [5, 5.41) is 12.5. The topological polar surface area (TPSA) is 88.2 Å². The molecule has 1 heterocycles. The van der Waals surface area contributed by atoms with Gasteiger partial charge in [0, 0.05) is 24.2 Å². The first kappa shape index (κ1) is 14.3. The van der Waals surface area contributed by atoms with Crippen molar-refractivity contribution in [1.82, 2.24) is 10.3 Å². The maximum atomic E-state index is 12.1. The molecule has 0 bridgehead atoms. The summed E-state index contributed by atoms with van der Waals surface area (Å²) < 4.78 is 0. The van der Waals surface area contributed by atoms with Crippen molar-refractivity contribution in [2.45, 2.75) is 13.3 Å². The first-order valence-corrected chi connectivity index (χ1v) is 6.66. The lowest BCUT2D eigenvalue weighted by Gasteiger charge is -2.11. The van der Waals surface area contributed by atoms with Crippen LogP contribution in [0.5, 0.6) is 0 Å². The number of anilines is 1. The molecule has 0 aliphatic rings. The second-order valence-corrected chi connectivity index (χ2v) is 4.94. The molecule has 5 heteroatoms. The Morgan fingerprint density at radius 3 is 2.95 bits per heavy atom. The highest BCUT2D eigenvalue weighted by Crippen LogP contribution is 2.19. The summed E-state index contributed by atoms with van der Waals surface area (Å²) in [5.74, 6) is -0.0194. The lowest BCUT2D eigenvalue weighted by Crippen LogP contribution is -2.29. The van der Waals surface area contributed by atoms with Crippen LogP contribution < -0.4 is 11.1 Å². The first-order valence-electron chi connectivity index (χ1n) is 6.66. The molecule has 2 rings (SSSR count). The molecule has 1 unspecified atom stereocenters. The van der Waals surface area contributed by atoms with Crippen molar-refractivity contribution in [3.8, 4) is 0 Å². The molecule has 1 aromatic heterocycles. The number of amides is 1. The Morgan fingerprint density at radius 2 is 2.20 bits per heavy atom. The van der Waals surface area contributed by atoms with Crippen molar-refractivity contribution in [1.29, 1.82) is 0 Å². The molecule has 0 saturated carbocycles. The predicted molar refractivity (Wildman–Crippen MR) is 79.4 cm³/mol. The van der Waals surface area contributed by atoms with E-state index in [2.05, 4.69) is 10.3 Å². The fourth-order valence-electron chi connectivity index (χ4n) is 2.00. The summed E-state index contributed by atoms with van der Waals surface area (Å²) in [6, 6.07) is 9.05. The molecule has 106 valence electrons. The highest BCUT2D eigenvalue weighted by atomic mass is 16.3. The van der Waals surface area contributed by atoms with Gasteiger partial charge in [-0.15, -0.1) is 0 Å². The molecule has 4 N–H and O–H groups in total. The number of para-hydroxylation sites is 1. The molecular formula is C15H19N3O2. The van der Waals surface area contributed by atoms with Crippen LogP contribution in [0.1, 0.15) is 23.8 Å². The summed E-state index contributed by atoms with van der Waals surface area (Å²) in [6.07, 6.45) is 0.660. The molecule has 1 atom stereocenters. The number of fused-ring (bicyclic) bond motifs is 1. The van der Waals surface area contributed by atoms with Gasteiger partial charge in [0.2, 0.25) is 0 Å². The summed E-state index contributed by atoms with van der Waals surface area (Å²) in [7, 11) is 0. The largest absolute Gasteiger partial charge is 0.398 e. The maximum Gasteiger partial charge on any atom is 0.269 e. The minimum Gasteiger partial charge on any atom is -0.398 e. The van der Waals surface area contributed by atoms with Crippen molar-refractivity contribution in [2.24, 2.45) is 5.92 Å². The fraction of sp³-hybridized carbons (Fsp3) is 0.333. The number of aromatic nitrogens is 1. The van der Waals surface area contributed by atoms with Crippen molar-refractivity contribution in [2.75, 3.05) is 18.9 Å². The predicted octanol–water partition coefficient (Wildman–Crippen LogP) is 1.57. The van der Waals surface area contributed by atoms with Gasteiger partial charge < -0.3 is 16.2 Å². The van der Waals surface area contributed by atoms with E-state index in [1.807, 2.05) is 31.2 Å². The number of aliphatic hydroxyl groups is 1. The zero-order valence-corrected chi connectivity index (χ0v) is 11.5. The number of nitrogens with zero attached hydrogens (tertiary/aromatic N) is 1. The third-order valence-electron chi connectivity index (χ3n) is 3.21. The van der Waals surface area contributed by atoms with Gasteiger partial charge >= 0.3 is 0 Å². The number of hydrogen-bond donors (Lipinski definition) is 3. The molecule has 20 heavy (non-hydrogen) atoms. The van der Waals surface area contributed by atoms with Crippen LogP contribution in [0.25, 0.3) is 10.9 Å². The van der Waals surface area contributed by atoms with E-state index in [-0.39, 0.29) is 18.4 Å². The second-order valence-electron chi connectivity index (χ2n) is 4.94. The molecule has 0 spiro atoms. The van der Waals surface area contributed by atoms with Crippen LogP contribution in [0.4, 0.5) is 5.69 Å². The first-order chi connectivity index (χ1) is 9.61. The van der Waals surface area contributed by atoms with Gasteiger partial charge in [-0.3, -0.25) is 4.79 Å². The van der Waals surface area contributed by atoms with Crippen LogP contribution in [0.3, 0.4) is 0 Å². The van der Waals surface area contributed by atoms with E-state index in [0.717, 1.165) is 5.39 Å². The van der Waals surface area contributed by atoms with Crippen LogP contribution in [0.2, 0.25) is 0 Å². The highest BCUT2D eigenvalue weighted by molar-refractivity contribution is 5.99. The number of benzene rings is 1. The summed E-state index contributed by atoms with van der Waals surface area (Å²) in [6.45, 7) is 2.60.